The fraction of sp³-hybridized carbons (Fsp3) is 0.231. The molecular formula is C26H23N5O2. The first-order chi connectivity index (χ1) is 16.1. The molecule has 7 heteroatoms. The minimum Gasteiger partial charge on any atom is -0.478 e. The smallest absolute Gasteiger partial charge is 0.283 e. The molecule has 164 valence electrons. The third kappa shape index (κ3) is 3.46. The standard InChI is InChI=1S/C26H23N5O2/c1-3-33-23-13-12-22-25(28-23)31(20-9-6-17(7-10-20)16-4-5-16)26(32)24(27-22)18-8-11-21-19(14-18)15-30(2)29-21/h6-16H,3-5H2,1-2H3. The molecule has 0 radical (unpaired) electrons. The van der Waals surface area contributed by atoms with Gasteiger partial charge in [0.15, 0.2) is 5.65 Å². The second-order valence-electron chi connectivity index (χ2n) is 8.47. The molecule has 1 aliphatic rings. The first kappa shape index (κ1) is 19.7. The van der Waals surface area contributed by atoms with Gasteiger partial charge in [0.2, 0.25) is 5.88 Å². The Morgan fingerprint density at radius 2 is 1.79 bits per heavy atom. The Hall–Kier alpha value is -4.00. The maximum absolute atomic E-state index is 13.8. The molecule has 2 aromatic carbocycles. The molecule has 0 amide bonds. The Kier molecular flexibility index (Phi) is 4.50. The van der Waals surface area contributed by atoms with Crippen LogP contribution < -0.4 is 10.3 Å². The second kappa shape index (κ2) is 7.55. The molecule has 5 aromatic rings. The van der Waals surface area contributed by atoms with Gasteiger partial charge in [0.05, 0.1) is 17.8 Å². The summed E-state index contributed by atoms with van der Waals surface area (Å²) in [6.45, 7) is 2.40. The van der Waals surface area contributed by atoms with E-state index >= 15 is 0 Å². The first-order valence-electron chi connectivity index (χ1n) is 11.2. The fourth-order valence-electron chi connectivity index (χ4n) is 4.31. The van der Waals surface area contributed by atoms with E-state index in [9.17, 15) is 4.79 Å². The van der Waals surface area contributed by atoms with Crippen molar-refractivity contribution in [3.05, 3.63) is 76.7 Å². The van der Waals surface area contributed by atoms with Gasteiger partial charge in [-0.1, -0.05) is 18.2 Å². The van der Waals surface area contributed by atoms with E-state index in [0.717, 1.165) is 22.2 Å². The van der Waals surface area contributed by atoms with Crippen LogP contribution in [0.1, 0.15) is 31.2 Å². The van der Waals surface area contributed by atoms with Crippen molar-refractivity contribution in [3.63, 3.8) is 0 Å². The first-order valence-corrected chi connectivity index (χ1v) is 11.2. The number of aryl methyl sites for hydroxylation is 1. The summed E-state index contributed by atoms with van der Waals surface area (Å²) in [6, 6.07) is 17.6. The molecule has 6 rings (SSSR count). The fourth-order valence-corrected chi connectivity index (χ4v) is 4.31. The van der Waals surface area contributed by atoms with Crippen LogP contribution in [-0.4, -0.2) is 30.9 Å². The lowest BCUT2D eigenvalue weighted by atomic mass is 10.1. The predicted molar refractivity (Wildman–Crippen MR) is 128 cm³/mol. The van der Waals surface area contributed by atoms with Crippen molar-refractivity contribution in [1.29, 1.82) is 0 Å². The van der Waals surface area contributed by atoms with E-state index in [4.69, 9.17) is 9.72 Å². The Morgan fingerprint density at radius 1 is 1.00 bits per heavy atom. The number of pyridine rings is 1. The van der Waals surface area contributed by atoms with Gasteiger partial charge >= 0.3 is 0 Å². The maximum Gasteiger partial charge on any atom is 0.283 e. The molecule has 0 saturated heterocycles. The monoisotopic (exact) mass is 437 g/mol. The van der Waals surface area contributed by atoms with Crippen molar-refractivity contribution in [3.8, 4) is 22.8 Å². The van der Waals surface area contributed by atoms with Gasteiger partial charge in [-0.3, -0.25) is 14.0 Å². The van der Waals surface area contributed by atoms with Crippen LogP contribution in [0, 0.1) is 0 Å². The summed E-state index contributed by atoms with van der Waals surface area (Å²) in [5.41, 5.74) is 4.98. The highest BCUT2D eigenvalue weighted by molar-refractivity contribution is 5.85. The molecule has 7 nitrogen and oxygen atoms in total. The van der Waals surface area contributed by atoms with Gasteiger partial charge in [-0.25, -0.2) is 4.98 Å². The number of rotatable bonds is 5. The average molecular weight is 438 g/mol. The number of hydrogen-bond donors (Lipinski definition) is 0. The van der Waals surface area contributed by atoms with Crippen molar-refractivity contribution in [2.75, 3.05) is 6.61 Å². The molecule has 1 fully saturated rings. The highest BCUT2D eigenvalue weighted by atomic mass is 16.5. The zero-order chi connectivity index (χ0) is 22.5. The van der Waals surface area contributed by atoms with Crippen molar-refractivity contribution < 1.29 is 4.74 Å². The zero-order valence-electron chi connectivity index (χ0n) is 18.5. The highest BCUT2D eigenvalue weighted by Crippen LogP contribution is 2.40. The molecule has 1 saturated carbocycles. The molecule has 0 N–H and O–H groups in total. The lowest BCUT2D eigenvalue weighted by molar-refractivity contribution is 0.328. The van der Waals surface area contributed by atoms with Crippen LogP contribution in [0.5, 0.6) is 5.88 Å². The van der Waals surface area contributed by atoms with Crippen molar-refractivity contribution in [2.24, 2.45) is 7.05 Å². The summed E-state index contributed by atoms with van der Waals surface area (Å²) in [4.78, 5) is 23.2. The van der Waals surface area contributed by atoms with Crippen LogP contribution >= 0.6 is 0 Å². The number of fused-ring (bicyclic) bond motifs is 2. The van der Waals surface area contributed by atoms with Crippen LogP contribution in [0.3, 0.4) is 0 Å². The summed E-state index contributed by atoms with van der Waals surface area (Å²) in [6.07, 6.45) is 4.40. The highest BCUT2D eigenvalue weighted by Gasteiger charge is 2.23. The third-order valence-electron chi connectivity index (χ3n) is 6.06. The predicted octanol–water partition coefficient (Wildman–Crippen LogP) is 4.61. The summed E-state index contributed by atoms with van der Waals surface area (Å²) >= 11 is 0. The van der Waals surface area contributed by atoms with Crippen molar-refractivity contribution >= 4 is 22.1 Å². The molecule has 0 atom stereocenters. The molecule has 0 aliphatic heterocycles. The number of aromatic nitrogens is 5. The second-order valence-corrected chi connectivity index (χ2v) is 8.47. The lowest BCUT2D eigenvalue weighted by Crippen LogP contribution is -2.23. The number of benzene rings is 2. The Morgan fingerprint density at radius 3 is 2.55 bits per heavy atom. The average Bonchev–Trinajstić information content (AvgIpc) is 3.60. The maximum atomic E-state index is 13.8. The SMILES string of the molecule is CCOc1ccc2nc(-c3ccc4nn(C)cc4c3)c(=O)n(-c3ccc(C4CC4)cc3)c2n1. The van der Waals surface area contributed by atoms with Crippen LogP contribution in [0.25, 0.3) is 39.0 Å². The number of ether oxygens (including phenoxy) is 1. The summed E-state index contributed by atoms with van der Waals surface area (Å²) in [5.74, 6) is 1.12. The van der Waals surface area contributed by atoms with E-state index in [1.165, 1.54) is 18.4 Å². The van der Waals surface area contributed by atoms with Gasteiger partial charge in [-0.15, -0.1) is 0 Å². The molecule has 0 bridgehead atoms. The van der Waals surface area contributed by atoms with E-state index < -0.39 is 0 Å². The van der Waals surface area contributed by atoms with Crippen LogP contribution in [0.2, 0.25) is 0 Å². The van der Waals surface area contributed by atoms with E-state index in [0.29, 0.717) is 35.3 Å². The molecular weight excluding hydrogens is 414 g/mol. The molecule has 3 aromatic heterocycles. The van der Waals surface area contributed by atoms with E-state index in [1.54, 1.807) is 15.3 Å². The van der Waals surface area contributed by atoms with E-state index in [2.05, 4.69) is 22.2 Å². The third-order valence-corrected chi connectivity index (χ3v) is 6.06. The van der Waals surface area contributed by atoms with Gasteiger partial charge in [-0.2, -0.15) is 10.1 Å². The summed E-state index contributed by atoms with van der Waals surface area (Å²) in [7, 11) is 1.88. The van der Waals surface area contributed by atoms with Gasteiger partial charge < -0.3 is 4.74 Å². The molecule has 33 heavy (non-hydrogen) atoms. The minimum absolute atomic E-state index is 0.217. The molecule has 1 aliphatic carbocycles. The number of hydrogen-bond acceptors (Lipinski definition) is 5. The van der Waals surface area contributed by atoms with Gasteiger partial charge in [-0.05, 0) is 61.6 Å². The van der Waals surface area contributed by atoms with Gasteiger partial charge in [0.25, 0.3) is 5.56 Å². The molecule has 0 spiro atoms. The normalized spacial score (nSPS) is 13.6. The van der Waals surface area contributed by atoms with Crippen LogP contribution in [0.15, 0.2) is 65.6 Å². The Balaban J connectivity index is 1.59. The minimum atomic E-state index is -0.217. The van der Waals surface area contributed by atoms with Crippen molar-refractivity contribution in [2.45, 2.75) is 25.7 Å². The van der Waals surface area contributed by atoms with Crippen molar-refractivity contribution in [1.82, 2.24) is 24.3 Å². The van der Waals surface area contributed by atoms with Crippen LogP contribution in [0.4, 0.5) is 0 Å². The van der Waals surface area contributed by atoms with Gasteiger partial charge in [0.1, 0.15) is 11.2 Å². The molecule has 0 unspecified atom stereocenters. The largest absolute Gasteiger partial charge is 0.478 e. The van der Waals surface area contributed by atoms with E-state index in [-0.39, 0.29) is 5.56 Å². The summed E-state index contributed by atoms with van der Waals surface area (Å²) in [5, 5.41) is 5.39. The zero-order valence-corrected chi connectivity index (χ0v) is 18.5. The topological polar surface area (TPSA) is 74.8 Å². The Labute approximate surface area is 190 Å². The van der Waals surface area contributed by atoms with Gasteiger partial charge in [0, 0.05) is 30.3 Å². The molecule has 3 heterocycles. The number of nitrogens with zero attached hydrogens (tertiary/aromatic N) is 5. The summed E-state index contributed by atoms with van der Waals surface area (Å²) < 4.78 is 9.01. The Bertz CT molecular complexity index is 1560. The lowest BCUT2D eigenvalue weighted by Gasteiger charge is -2.13. The van der Waals surface area contributed by atoms with Crippen LogP contribution in [-0.2, 0) is 7.05 Å². The quantitative estimate of drug-likeness (QED) is 0.401. The van der Waals surface area contributed by atoms with E-state index in [1.807, 2.05) is 56.6 Å².